The molecule has 2 aromatic carbocycles. The second-order valence-electron chi connectivity index (χ2n) is 16.7. The SMILES string of the molecule is Cn1c(-c2cc3cccc(OCCO[Si](C)(C)C(C)(C)C)c3n2CC2CC2)nc2cc3c(cc21)CCN(C[C@@H](CF)NC(=O)OC(C)(C)C)C3=O. The fourth-order valence-electron chi connectivity index (χ4n) is 6.50. The van der Waals surface area contributed by atoms with E-state index in [-0.39, 0.29) is 17.5 Å². The molecule has 3 heterocycles. The largest absolute Gasteiger partial charge is 0.489 e. The van der Waals surface area contributed by atoms with E-state index in [1.54, 1.807) is 25.7 Å². The third-order valence-corrected chi connectivity index (χ3v) is 15.0. The maximum atomic E-state index is 14.0. The highest BCUT2D eigenvalue weighted by atomic mass is 28.4. The number of carbonyl (C=O) groups is 2. The van der Waals surface area contributed by atoms with E-state index in [4.69, 9.17) is 18.9 Å². The Morgan fingerprint density at radius 3 is 2.51 bits per heavy atom. The molecule has 1 aliphatic carbocycles. The van der Waals surface area contributed by atoms with Gasteiger partial charge in [0.25, 0.3) is 5.91 Å². The lowest BCUT2D eigenvalue weighted by molar-refractivity contribution is 0.0466. The fourth-order valence-corrected chi connectivity index (χ4v) is 7.52. The van der Waals surface area contributed by atoms with Crippen molar-refractivity contribution in [2.45, 2.75) is 97.1 Å². The normalized spacial score (nSPS) is 16.1. The Morgan fingerprint density at radius 1 is 1.10 bits per heavy atom. The predicted molar refractivity (Wildman–Crippen MR) is 202 cm³/mol. The zero-order valence-electron chi connectivity index (χ0n) is 31.7. The Labute approximate surface area is 301 Å². The Morgan fingerprint density at radius 2 is 1.84 bits per heavy atom. The van der Waals surface area contributed by atoms with Crippen molar-refractivity contribution >= 4 is 42.3 Å². The van der Waals surface area contributed by atoms with Crippen LogP contribution < -0.4 is 10.1 Å². The average Bonchev–Trinajstić information content (AvgIpc) is 3.71. The van der Waals surface area contributed by atoms with E-state index in [9.17, 15) is 14.0 Å². The first-order valence-corrected chi connectivity index (χ1v) is 21.1. The van der Waals surface area contributed by atoms with E-state index in [2.05, 4.69) is 66.5 Å². The molecule has 2 amide bonds. The van der Waals surface area contributed by atoms with Crippen LogP contribution in [0.25, 0.3) is 33.5 Å². The van der Waals surface area contributed by atoms with Gasteiger partial charge < -0.3 is 33.3 Å². The van der Waals surface area contributed by atoms with Gasteiger partial charge >= 0.3 is 6.09 Å². The summed E-state index contributed by atoms with van der Waals surface area (Å²) in [6.07, 6.45) is 2.32. The summed E-state index contributed by atoms with van der Waals surface area (Å²) >= 11 is 0. The number of ether oxygens (including phenoxy) is 2. The van der Waals surface area contributed by atoms with Crippen LogP contribution in [-0.4, -0.2) is 84.0 Å². The second kappa shape index (κ2) is 13.9. The van der Waals surface area contributed by atoms with Crippen molar-refractivity contribution in [3.63, 3.8) is 0 Å². The maximum absolute atomic E-state index is 14.0. The smallest absolute Gasteiger partial charge is 0.408 e. The molecular formula is C39H54FN5O5Si. The number of carbonyl (C=O) groups excluding carboxylic acids is 2. The number of aryl methyl sites for hydroxylation is 1. The second-order valence-corrected chi connectivity index (χ2v) is 21.5. The molecule has 0 unspecified atom stereocenters. The van der Waals surface area contributed by atoms with Gasteiger partial charge in [-0.15, -0.1) is 0 Å². The molecule has 1 fully saturated rings. The first kappa shape index (κ1) is 36.9. The molecule has 2 aromatic heterocycles. The zero-order chi connectivity index (χ0) is 36.9. The lowest BCUT2D eigenvalue weighted by atomic mass is 9.97. The molecule has 4 aromatic rings. The van der Waals surface area contributed by atoms with E-state index >= 15 is 0 Å². The number of rotatable bonds is 12. The number of hydrogen-bond acceptors (Lipinski definition) is 6. The van der Waals surface area contributed by atoms with Crippen LogP contribution in [0.2, 0.25) is 18.1 Å². The van der Waals surface area contributed by atoms with Crippen molar-refractivity contribution in [1.82, 2.24) is 24.3 Å². The van der Waals surface area contributed by atoms with E-state index < -0.39 is 32.7 Å². The standard InChI is InChI=1S/C39H54FN5O5Si/c1-38(2,3)50-37(47)41-28(22-40)24-44-16-15-26-19-31-30(21-29(26)36(44)46)42-35(43(31)7)32-20-27-11-10-12-33(34(27)45(32)23-25-13-14-25)48-17-18-49-51(8,9)39(4,5)6/h10-12,19-21,25,28H,13-18,22-24H2,1-9H3,(H,41,47)/t28-/m1/s1. The number of hydrogen-bond donors (Lipinski definition) is 1. The number of nitrogens with zero attached hydrogens (tertiary/aromatic N) is 4. The Hall–Kier alpha value is -3.90. The molecule has 12 heteroatoms. The van der Waals surface area contributed by atoms with Crippen molar-refractivity contribution in [2.75, 3.05) is 33.0 Å². The van der Waals surface area contributed by atoms with Crippen LogP contribution in [0.15, 0.2) is 36.4 Å². The number of imidazole rings is 1. The van der Waals surface area contributed by atoms with E-state index in [0.29, 0.717) is 37.7 Å². The Bertz CT molecular complexity index is 1930. The summed E-state index contributed by atoms with van der Waals surface area (Å²) in [7, 11) is 0.145. The Balaban J connectivity index is 1.27. The lowest BCUT2D eigenvalue weighted by Crippen LogP contribution is -2.50. The van der Waals surface area contributed by atoms with Crippen LogP contribution in [0.3, 0.4) is 0 Å². The van der Waals surface area contributed by atoms with Gasteiger partial charge in [-0.1, -0.05) is 32.9 Å². The highest BCUT2D eigenvalue weighted by Crippen LogP contribution is 2.40. The van der Waals surface area contributed by atoms with Gasteiger partial charge in [0.1, 0.15) is 24.6 Å². The lowest BCUT2D eigenvalue weighted by Gasteiger charge is -2.36. The number of para-hydroxylation sites is 1. The van der Waals surface area contributed by atoms with Crippen molar-refractivity contribution < 1.29 is 27.9 Å². The van der Waals surface area contributed by atoms with E-state index in [1.165, 1.54) is 12.8 Å². The molecule has 0 spiro atoms. The topological polar surface area (TPSA) is 99.9 Å². The van der Waals surface area contributed by atoms with Gasteiger partial charge in [-0.2, -0.15) is 0 Å². The molecule has 0 radical (unpaired) electrons. The highest BCUT2D eigenvalue weighted by molar-refractivity contribution is 6.74. The zero-order valence-corrected chi connectivity index (χ0v) is 32.7. The molecule has 1 N–H and O–H groups in total. The van der Waals surface area contributed by atoms with Crippen LogP contribution in [0.4, 0.5) is 9.18 Å². The first-order chi connectivity index (χ1) is 24.0. The minimum atomic E-state index is -1.88. The monoisotopic (exact) mass is 719 g/mol. The number of alkyl carbamates (subject to hydrolysis) is 1. The van der Waals surface area contributed by atoms with Gasteiger partial charge in [0.15, 0.2) is 14.1 Å². The summed E-state index contributed by atoms with van der Waals surface area (Å²) < 4.78 is 36.6. The number of fused-ring (bicyclic) bond motifs is 3. The van der Waals surface area contributed by atoms with Gasteiger partial charge in [-0.3, -0.25) is 4.79 Å². The summed E-state index contributed by atoms with van der Waals surface area (Å²) in [5, 5.41) is 3.80. The number of halogens is 1. The number of amides is 2. The number of aromatic nitrogens is 3. The summed E-state index contributed by atoms with van der Waals surface area (Å²) in [5.74, 6) is 2.07. The minimum absolute atomic E-state index is 0.0492. The van der Waals surface area contributed by atoms with Gasteiger partial charge in [0.2, 0.25) is 0 Å². The molecule has 1 saturated carbocycles. The fraction of sp³-hybridized carbons (Fsp3) is 0.564. The van der Waals surface area contributed by atoms with Gasteiger partial charge in [-0.05, 0) is 93.9 Å². The van der Waals surface area contributed by atoms with Crippen molar-refractivity contribution in [3.8, 4) is 17.3 Å². The summed E-state index contributed by atoms with van der Waals surface area (Å²) in [6.45, 7) is 18.0. The number of nitrogens with one attached hydrogen (secondary N) is 1. The molecular weight excluding hydrogens is 666 g/mol. The first-order valence-electron chi connectivity index (χ1n) is 18.2. The summed E-state index contributed by atoms with van der Waals surface area (Å²) in [6, 6.07) is 11.4. The average molecular weight is 720 g/mol. The van der Waals surface area contributed by atoms with Gasteiger partial charge in [0.05, 0.1) is 34.9 Å². The molecule has 51 heavy (non-hydrogen) atoms. The summed E-state index contributed by atoms with van der Waals surface area (Å²) in [4.78, 5) is 32.8. The molecule has 6 rings (SSSR count). The van der Waals surface area contributed by atoms with Gasteiger partial charge in [0, 0.05) is 37.6 Å². The van der Waals surface area contributed by atoms with Crippen molar-refractivity contribution in [1.29, 1.82) is 0 Å². The molecule has 0 saturated heterocycles. The number of alkyl halides is 1. The van der Waals surface area contributed by atoms with E-state index in [0.717, 1.165) is 51.3 Å². The maximum Gasteiger partial charge on any atom is 0.408 e. The quantitative estimate of drug-likeness (QED) is 0.118. The van der Waals surface area contributed by atoms with Crippen LogP contribution in [0.5, 0.6) is 5.75 Å². The van der Waals surface area contributed by atoms with Crippen molar-refractivity contribution in [3.05, 3.63) is 47.5 Å². The third kappa shape index (κ3) is 7.96. The van der Waals surface area contributed by atoms with Crippen LogP contribution in [-0.2, 0) is 29.2 Å². The minimum Gasteiger partial charge on any atom is -0.489 e. The molecule has 10 nitrogen and oxygen atoms in total. The molecule has 2 aliphatic rings. The van der Waals surface area contributed by atoms with Crippen molar-refractivity contribution in [2.24, 2.45) is 13.0 Å². The van der Waals surface area contributed by atoms with Crippen LogP contribution in [0.1, 0.15) is 70.3 Å². The molecule has 1 aliphatic heterocycles. The van der Waals surface area contributed by atoms with Crippen LogP contribution in [0, 0.1) is 5.92 Å². The van der Waals surface area contributed by atoms with E-state index in [1.807, 2.05) is 25.2 Å². The molecule has 276 valence electrons. The highest BCUT2D eigenvalue weighted by Gasteiger charge is 2.37. The third-order valence-electron chi connectivity index (χ3n) is 10.5. The number of benzene rings is 2. The molecule has 0 bridgehead atoms. The van der Waals surface area contributed by atoms with Crippen LogP contribution >= 0.6 is 0 Å². The predicted octanol–water partition coefficient (Wildman–Crippen LogP) is 7.87. The van der Waals surface area contributed by atoms with Gasteiger partial charge in [-0.25, -0.2) is 14.2 Å². The summed E-state index contributed by atoms with van der Waals surface area (Å²) in [5.41, 5.74) is 4.52. The molecule has 1 atom stereocenters. The Kier molecular flexibility index (Phi) is 10.1.